The SMILES string of the molecule is [C-]#[N+]/C(C#N)=c1/nc2c3c(F)c4c(c(F)c(F)c5n/c(=C(\C#N)[N+]#[C-])n(C)c54)c(F)c3c(F)c(F)c2n1C. The van der Waals surface area contributed by atoms with Crippen molar-refractivity contribution in [3.63, 3.8) is 0 Å². The van der Waals surface area contributed by atoms with E-state index in [1.807, 2.05) is 0 Å². The molecule has 0 atom stereocenters. The van der Waals surface area contributed by atoms with Gasteiger partial charge in [0.25, 0.3) is 0 Å². The molecule has 0 N–H and O–H groups in total. The Labute approximate surface area is 206 Å². The molecule has 5 rings (SSSR count). The molecule has 2 heterocycles. The second-order valence-electron chi connectivity index (χ2n) is 7.91. The fourth-order valence-electron chi connectivity index (χ4n) is 4.51. The summed E-state index contributed by atoms with van der Waals surface area (Å²) in [6.45, 7) is 14.2. The number of aryl methyl sites for hydroxylation is 2. The van der Waals surface area contributed by atoms with E-state index in [9.17, 15) is 10.5 Å². The highest BCUT2D eigenvalue weighted by atomic mass is 19.2. The second-order valence-corrected chi connectivity index (χ2v) is 7.91. The fourth-order valence-corrected chi connectivity index (χ4v) is 4.51. The van der Waals surface area contributed by atoms with Crippen LogP contribution in [-0.2, 0) is 14.1 Å². The van der Waals surface area contributed by atoms with E-state index in [0.29, 0.717) is 0 Å². The summed E-state index contributed by atoms with van der Waals surface area (Å²) in [5, 5.41) is 13.8. The Balaban J connectivity index is 2.24. The fraction of sp³-hybridized carbons (Fsp3) is 0.0833. The van der Waals surface area contributed by atoms with Crippen LogP contribution in [0.15, 0.2) is 0 Å². The normalized spacial score (nSPS) is 12.9. The summed E-state index contributed by atoms with van der Waals surface area (Å²) in [5.41, 5.74) is -5.15. The lowest BCUT2D eigenvalue weighted by Crippen LogP contribution is -2.17. The lowest BCUT2D eigenvalue weighted by Gasteiger charge is -2.13. The average Bonchev–Trinajstić information content (AvgIpc) is 3.41. The van der Waals surface area contributed by atoms with Crippen LogP contribution >= 0.6 is 0 Å². The summed E-state index contributed by atoms with van der Waals surface area (Å²) in [6, 6.07) is 3.03. The summed E-state index contributed by atoms with van der Waals surface area (Å²) in [5.74, 6) is -10.8. The minimum Gasteiger partial charge on any atom is -0.335 e. The summed E-state index contributed by atoms with van der Waals surface area (Å²) in [7, 11) is 2.25. The number of nitriles is 2. The van der Waals surface area contributed by atoms with E-state index < -0.39 is 101 Å². The Morgan fingerprint density at radius 1 is 0.632 bits per heavy atom. The zero-order valence-electron chi connectivity index (χ0n) is 18.8. The standard InChI is InChI=1S/C24H6F6N8/c1-33-7(5-31)23-35-19-11-9(16(28)18(30)22(19)38(23)4)13(25)10-12(14(11)26)21-20(17(29)15(10)27)36-24(37(21)3)8(6-32)34-2/h3-4H3/b23-7-,24-8-. The van der Waals surface area contributed by atoms with Crippen LogP contribution in [0.25, 0.3) is 64.7 Å². The van der Waals surface area contributed by atoms with Crippen molar-refractivity contribution >= 4 is 55.0 Å². The van der Waals surface area contributed by atoms with Crippen molar-refractivity contribution < 1.29 is 26.3 Å². The molecule has 0 aliphatic rings. The number of hydrogen-bond acceptors (Lipinski definition) is 4. The Kier molecular flexibility index (Phi) is 5.05. The number of nitrogens with zero attached hydrogens (tertiary/aromatic N) is 8. The number of halogens is 6. The molecule has 0 fully saturated rings. The second kappa shape index (κ2) is 7.95. The summed E-state index contributed by atoms with van der Waals surface area (Å²) in [6.07, 6.45) is 0. The molecule has 0 spiro atoms. The highest BCUT2D eigenvalue weighted by Crippen LogP contribution is 2.41. The molecule has 8 nitrogen and oxygen atoms in total. The minimum atomic E-state index is -1.97. The van der Waals surface area contributed by atoms with Crippen LogP contribution in [-0.4, -0.2) is 19.1 Å². The lowest BCUT2D eigenvalue weighted by molar-refractivity contribution is 0.510. The van der Waals surface area contributed by atoms with Crippen LogP contribution in [0.3, 0.4) is 0 Å². The van der Waals surface area contributed by atoms with E-state index in [1.54, 1.807) is 0 Å². The molecule has 0 unspecified atom stereocenters. The Hall–Kier alpha value is -5.60. The van der Waals surface area contributed by atoms with Gasteiger partial charge in [-0.3, -0.25) is 0 Å². The van der Waals surface area contributed by atoms with Gasteiger partial charge in [-0.15, -0.1) is 0 Å². The molecule has 0 bridgehead atoms. The number of rotatable bonds is 0. The molecule has 3 aromatic carbocycles. The van der Waals surface area contributed by atoms with Crippen molar-refractivity contribution in [2.45, 2.75) is 0 Å². The van der Waals surface area contributed by atoms with Gasteiger partial charge < -0.3 is 9.13 Å². The zero-order valence-corrected chi connectivity index (χ0v) is 18.8. The maximum absolute atomic E-state index is 16.3. The van der Waals surface area contributed by atoms with Crippen LogP contribution in [0, 0.1) is 70.7 Å². The van der Waals surface area contributed by atoms with Crippen LogP contribution in [0.2, 0.25) is 0 Å². The Morgan fingerprint density at radius 2 is 1.08 bits per heavy atom. The van der Waals surface area contributed by atoms with Gasteiger partial charge in [0.2, 0.25) is 0 Å². The van der Waals surface area contributed by atoms with Crippen molar-refractivity contribution in [3.05, 3.63) is 68.7 Å². The van der Waals surface area contributed by atoms with E-state index in [0.717, 1.165) is 23.2 Å². The van der Waals surface area contributed by atoms with Gasteiger partial charge in [-0.2, -0.15) is 0 Å². The smallest absolute Gasteiger partial charge is 0.303 e. The van der Waals surface area contributed by atoms with E-state index in [1.165, 1.54) is 12.1 Å². The van der Waals surface area contributed by atoms with Crippen LogP contribution in [0.5, 0.6) is 0 Å². The van der Waals surface area contributed by atoms with Crippen LogP contribution in [0.4, 0.5) is 26.3 Å². The number of fused-ring (bicyclic) bond motifs is 6. The molecular weight excluding hydrogens is 514 g/mol. The van der Waals surface area contributed by atoms with Gasteiger partial charge in [-0.05, 0) is 0 Å². The first-order valence-electron chi connectivity index (χ1n) is 10.2. The van der Waals surface area contributed by atoms with Crippen LogP contribution in [0.1, 0.15) is 0 Å². The van der Waals surface area contributed by atoms with Gasteiger partial charge in [0, 0.05) is 14.1 Å². The molecule has 0 aliphatic carbocycles. The molecule has 0 amide bonds. The molecule has 184 valence electrons. The topological polar surface area (TPSA) is 91.9 Å². The molecule has 0 saturated heterocycles. The predicted octanol–water partition coefficient (Wildman–Crippen LogP) is 3.70. The third kappa shape index (κ3) is 2.71. The molecule has 0 aliphatic heterocycles. The Morgan fingerprint density at radius 3 is 1.61 bits per heavy atom. The molecule has 0 saturated carbocycles. The van der Waals surface area contributed by atoms with E-state index >= 15 is 26.3 Å². The third-order valence-corrected chi connectivity index (χ3v) is 6.14. The zero-order chi connectivity index (χ0) is 27.8. The molecule has 5 aromatic rings. The highest BCUT2D eigenvalue weighted by Gasteiger charge is 2.32. The monoisotopic (exact) mass is 520 g/mol. The molecule has 2 aromatic heterocycles. The first-order chi connectivity index (χ1) is 18.0. The molecule has 38 heavy (non-hydrogen) atoms. The highest BCUT2D eigenvalue weighted by molar-refractivity contribution is 6.17. The van der Waals surface area contributed by atoms with Crippen LogP contribution < -0.4 is 11.0 Å². The molecule has 14 heteroatoms. The van der Waals surface area contributed by atoms with Crippen molar-refractivity contribution in [2.24, 2.45) is 14.1 Å². The maximum Gasteiger partial charge on any atom is 0.303 e. The largest absolute Gasteiger partial charge is 0.335 e. The average molecular weight is 520 g/mol. The van der Waals surface area contributed by atoms with Gasteiger partial charge in [-0.1, -0.05) is 0 Å². The quantitative estimate of drug-likeness (QED) is 0.177. The summed E-state index contributed by atoms with van der Waals surface area (Å²) < 4.78 is 94.2. The van der Waals surface area contributed by atoms with Gasteiger partial charge in [0.15, 0.2) is 23.3 Å². The summed E-state index contributed by atoms with van der Waals surface area (Å²) in [4.78, 5) is 13.5. The first kappa shape index (κ1) is 24.1. The molecule has 0 radical (unpaired) electrons. The summed E-state index contributed by atoms with van der Waals surface area (Å²) >= 11 is 0. The van der Waals surface area contributed by atoms with Crippen molar-refractivity contribution in [1.82, 2.24) is 19.1 Å². The number of aromatic nitrogens is 4. The van der Waals surface area contributed by atoms with Gasteiger partial charge in [0.1, 0.15) is 39.1 Å². The molecular formula is C24H6F6N8. The third-order valence-electron chi connectivity index (χ3n) is 6.14. The predicted molar refractivity (Wildman–Crippen MR) is 120 cm³/mol. The first-order valence-corrected chi connectivity index (χ1v) is 10.2. The van der Waals surface area contributed by atoms with Crippen molar-refractivity contribution in [3.8, 4) is 12.1 Å². The lowest BCUT2D eigenvalue weighted by atomic mass is 9.98. The maximum atomic E-state index is 16.3. The van der Waals surface area contributed by atoms with Gasteiger partial charge >= 0.3 is 11.4 Å². The van der Waals surface area contributed by atoms with Gasteiger partial charge in [0.05, 0.1) is 52.3 Å². The van der Waals surface area contributed by atoms with E-state index in [-0.39, 0.29) is 0 Å². The minimum absolute atomic E-state index is 0.480. The number of imidazole rings is 2. The van der Waals surface area contributed by atoms with Crippen molar-refractivity contribution in [1.29, 1.82) is 10.5 Å². The van der Waals surface area contributed by atoms with Crippen molar-refractivity contribution in [2.75, 3.05) is 0 Å². The van der Waals surface area contributed by atoms with Gasteiger partial charge in [-0.25, -0.2) is 56.5 Å². The van der Waals surface area contributed by atoms with E-state index in [2.05, 4.69) is 19.7 Å². The Bertz CT molecular complexity index is 2230. The number of benzene rings is 3. The van der Waals surface area contributed by atoms with E-state index in [4.69, 9.17) is 13.1 Å². The number of hydrogen-bond donors (Lipinski definition) is 0.